The molecule has 0 heterocycles. The monoisotopic (exact) mass is 265 g/mol. The number of hydrogen-bond acceptors (Lipinski definition) is 4. The van der Waals surface area contributed by atoms with Gasteiger partial charge in [0.15, 0.2) is 0 Å². The fourth-order valence-corrected chi connectivity index (χ4v) is 2.18. The number of ether oxygens (including phenoxy) is 2. The molecule has 2 rings (SSSR count). The first kappa shape index (κ1) is 14.2. The van der Waals surface area contributed by atoms with Crippen molar-refractivity contribution in [3.05, 3.63) is 23.8 Å². The number of benzene rings is 1. The van der Waals surface area contributed by atoms with Gasteiger partial charge < -0.3 is 19.9 Å². The number of nitrogens with one attached hydrogen (secondary N) is 1. The Hall–Kier alpha value is -1.26. The third-order valence-corrected chi connectivity index (χ3v) is 3.80. The van der Waals surface area contributed by atoms with Gasteiger partial charge in [0.25, 0.3) is 0 Å². The summed E-state index contributed by atoms with van der Waals surface area (Å²) in [7, 11) is 3.27. The lowest BCUT2D eigenvalue weighted by molar-refractivity contribution is 0.170. The van der Waals surface area contributed by atoms with E-state index in [0.29, 0.717) is 0 Å². The Kier molecular flexibility index (Phi) is 4.32. The molecule has 4 heteroatoms. The molecule has 106 valence electrons. The van der Waals surface area contributed by atoms with Crippen LogP contribution >= 0.6 is 0 Å². The van der Waals surface area contributed by atoms with E-state index in [4.69, 9.17) is 9.47 Å². The SMILES string of the molecule is COc1ccc(C(C)(CO)NCC2CC2)c(OC)c1. The molecule has 0 bridgehead atoms. The first-order valence-corrected chi connectivity index (χ1v) is 6.71. The van der Waals surface area contributed by atoms with Crippen molar-refractivity contribution in [1.29, 1.82) is 0 Å². The van der Waals surface area contributed by atoms with Gasteiger partial charge in [0, 0.05) is 11.6 Å². The van der Waals surface area contributed by atoms with Crippen molar-refractivity contribution in [3.8, 4) is 11.5 Å². The molecular formula is C15H23NO3. The van der Waals surface area contributed by atoms with Crippen molar-refractivity contribution in [2.45, 2.75) is 25.3 Å². The minimum Gasteiger partial charge on any atom is -0.497 e. The molecule has 19 heavy (non-hydrogen) atoms. The molecule has 0 spiro atoms. The highest BCUT2D eigenvalue weighted by molar-refractivity contribution is 5.44. The van der Waals surface area contributed by atoms with E-state index in [2.05, 4.69) is 5.32 Å². The van der Waals surface area contributed by atoms with Gasteiger partial charge in [0.05, 0.1) is 26.4 Å². The molecule has 2 N–H and O–H groups in total. The zero-order chi connectivity index (χ0) is 13.9. The second kappa shape index (κ2) is 5.80. The van der Waals surface area contributed by atoms with E-state index in [1.165, 1.54) is 12.8 Å². The number of aliphatic hydroxyl groups excluding tert-OH is 1. The molecule has 0 amide bonds. The lowest BCUT2D eigenvalue weighted by Gasteiger charge is -2.31. The van der Waals surface area contributed by atoms with E-state index in [1.54, 1.807) is 14.2 Å². The Bertz CT molecular complexity index is 431. The Morgan fingerprint density at radius 2 is 2.05 bits per heavy atom. The van der Waals surface area contributed by atoms with Crippen LogP contribution in [0.4, 0.5) is 0 Å². The highest BCUT2D eigenvalue weighted by Gasteiger charge is 2.31. The fourth-order valence-electron chi connectivity index (χ4n) is 2.18. The fraction of sp³-hybridized carbons (Fsp3) is 0.600. The summed E-state index contributed by atoms with van der Waals surface area (Å²) in [5.74, 6) is 2.25. The summed E-state index contributed by atoms with van der Waals surface area (Å²) in [5.41, 5.74) is 0.471. The van der Waals surface area contributed by atoms with Crippen LogP contribution in [0.3, 0.4) is 0 Å². The van der Waals surface area contributed by atoms with Crippen LogP contribution in [0.1, 0.15) is 25.3 Å². The summed E-state index contributed by atoms with van der Waals surface area (Å²) in [6, 6.07) is 5.69. The Morgan fingerprint density at radius 1 is 1.32 bits per heavy atom. The zero-order valence-corrected chi connectivity index (χ0v) is 11.9. The van der Waals surface area contributed by atoms with E-state index in [-0.39, 0.29) is 6.61 Å². The number of methoxy groups -OCH3 is 2. The first-order chi connectivity index (χ1) is 9.12. The molecule has 0 aromatic heterocycles. The second-order valence-electron chi connectivity index (χ2n) is 5.38. The Labute approximate surface area is 114 Å². The van der Waals surface area contributed by atoms with Crippen LogP contribution < -0.4 is 14.8 Å². The van der Waals surface area contributed by atoms with Crippen molar-refractivity contribution in [2.24, 2.45) is 5.92 Å². The minimum absolute atomic E-state index is 0.0302. The maximum atomic E-state index is 9.77. The maximum Gasteiger partial charge on any atom is 0.127 e. The molecule has 1 atom stereocenters. The molecule has 1 unspecified atom stereocenters. The summed E-state index contributed by atoms with van der Waals surface area (Å²) in [6.07, 6.45) is 2.57. The largest absolute Gasteiger partial charge is 0.497 e. The summed E-state index contributed by atoms with van der Waals surface area (Å²) in [6.45, 7) is 2.97. The molecular weight excluding hydrogens is 242 g/mol. The number of hydrogen-bond donors (Lipinski definition) is 2. The van der Waals surface area contributed by atoms with Gasteiger partial charge >= 0.3 is 0 Å². The molecule has 1 saturated carbocycles. The molecule has 0 saturated heterocycles. The quantitative estimate of drug-likeness (QED) is 0.790. The first-order valence-electron chi connectivity index (χ1n) is 6.71. The van der Waals surface area contributed by atoms with Crippen molar-refractivity contribution < 1.29 is 14.6 Å². The second-order valence-corrected chi connectivity index (χ2v) is 5.38. The summed E-state index contributed by atoms with van der Waals surface area (Å²) in [4.78, 5) is 0. The lowest BCUT2D eigenvalue weighted by Crippen LogP contribution is -2.44. The van der Waals surface area contributed by atoms with Gasteiger partial charge in [0.2, 0.25) is 0 Å². The zero-order valence-electron chi connectivity index (χ0n) is 11.9. The van der Waals surface area contributed by atoms with Gasteiger partial charge in [-0.3, -0.25) is 0 Å². The molecule has 0 aliphatic heterocycles. The van der Waals surface area contributed by atoms with E-state index in [1.807, 2.05) is 25.1 Å². The van der Waals surface area contributed by atoms with Crippen LogP contribution in [-0.2, 0) is 5.54 Å². The molecule has 1 aromatic rings. The minimum atomic E-state index is -0.486. The third kappa shape index (κ3) is 3.19. The maximum absolute atomic E-state index is 9.77. The molecule has 0 radical (unpaired) electrons. The van der Waals surface area contributed by atoms with Crippen molar-refractivity contribution in [2.75, 3.05) is 27.4 Å². The van der Waals surface area contributed by atoms with Crippen LogP contribution in [0, 0.1) is 5.92 Å². The van der Waals surface area contributed by atoms with E-state index < -0.39 is 5.54 Å². The topological polar surface area (TPSA) is 50.7 Å². The number of aliphatic hydroxyl groups is 1. The van der Waals surface area contributed by atoms with Gasteiger partial charge in [-0.2, -0.15) is 0 Å². The molecule has 1 aromatic carbocycles. The van der Waals surface area contributed by atoms with E-state index in [9.17, 15) is 5.11 Å². The standard InChI is InChI=1S/C15H23NO3/c1-15(10-17,16-9-11-4-5-11)13-7-6-12(18-2)8-14(13)19-3/h6-8,11,16-17H,4-5,9-10H2,1-3H3. The molecule has 4 nitrogen and oxygen atoms in total. The Balaban J connectivity index is 2.24. The predicted octanol–water partition coefficient (Wildman–Crippen LogP) is 1.91. The predicted molar refractivity (Wildman–Crippen MR) is 74.7 cm³/mol. The number of rotatable bonds is 7. The summed E-state index contributed by atoms with van der Waals surface area (Å²) < 4.78 is 10.6. The highest BCUT2D eigenvalue weighted by Crippen LogP contribution is 2.34. The molecule has 1 aliphatic rings. The van der Waals surface area contributed by atoms with Crippen molar-refractivity contribution >= 4 is 0 Å². The van der Waals surface area contributed by atoms with Crippen LogP contribution in [-0.4, -0.2) is 32.5 Å². The van der Waals surface area contributed by atoms with Crippen LogP contribution in [0.2, 0.25) is 0 Å². The van der Waals surface area contributed by atoms with Crippen LogP contribution in [0.25, 0.3) is 0 Å². The average Bonchev–Trinajstić information content (AvgIpc) is 3.28. The van der Waals surface area contributed by atoms with Gasteiger partial charge in [-0.1, -0.05) is 0 Å². The average molecular weight is 265 g/mol. The van der Waals surface area contributed by atoms with Crippen LogP contribution in [0.15, 0.2) is 18.2 Å². The van der Waals surface area contributed by atoms with E-state index >= 15 is 0 Å². The van der Waals surface area contributed by atoms with Gasteiger partial charge in [-0.15, -0.1) is 0 Å². The Morgan fingerprint density at radius 3 is 2.58 bits per heavy atom. The summed E-state index contributed by atoms with van der Waals surface area (Å²) in [5, 5.41) is 13.2. The van der Waals surface area contributed by atoms with Crippen LogP contribution in [0.5, 0.6) is 11.5 Å². The smallest absolute Gasteiger partial charge is 0.127 e. The van der Waals surface area contributed by atoms with Gasteiger partial charge in [-0.25, -0.2) is 0 Å². The lowest BCUT2D eigenvalue weighted by atomic mass is 9.91. The van der Waals surface area contributed by atoms with E-state index in [0.717, 1.165) is 29.5 Å². The normalized spacial score (nSPS) is 17.9. The highest BCUT2D eigenvalue weighted by atomic mass is 16.5. The summed E-state index contributed by atoms with van der Waals surface area (Å²) >= 11 is 0. The third-order valence-electron chi connectivity index (χ3n) is 3.80. The van der Waals surface area contributed by atoms with Crippen molar-refractivity contribution in [3.63, 3.8) is 0 Å². The van der Waals surface area contributed by atoms with Gasteiger partial charge in [0.1, 0.15) is 11.5 Å². The van der Waals surface area contributed by atoms with Gasteiger partial charge in [-0.05, 0) is 44.4 Å². The molecule has 1 aliphatic carbocycles. The molecule has 1 fully saturated rings. The van der Waals surface area contributed by atoms with Crippen molar-refractivity contribution in [1.82, 2.24) is 5.32 Å².